The van der Waals surface area contributed by atoms with E-state index >= 15 is 0 Å². The first kappa shape index (κ1) is 34.6. The van der Waals surface area contributed by atoms with Crippen LogP contribution in [-0.4, -0.2) is 0 Å². The Balaban J connectivity index is 0.960. The van der Waals surface area contributed by atoms with E-state index in [4.69, 9.17) is 0 Å². The van der Waals surface area contributed by atoms with Crippen LogP contribution in [0.4, 0.5) is 17.1 Å². The van der Waals surface area contributed by atoms with Crippen molar-refractivity contribution in [2.45, 2.75) is 63.2 Å². The highest BCUT2D eigenvalue weighted by Crippen LogP contribution is 2.64. The first-order valence-electron chi connectivity index (χ1n) is 21.7. The van der Waals surface area contributed by atoms with Gasteiger partial charge in [-0.3, -0.25) is 0 Å². The van der Waals surface area contributed by atoms with Gasteiger partial charge in [-0.15, -0.1) is 0 Å². The Bertz CT molecular complexity index is 2890. The summed E-state index contributed by atoms with van der Waals surface area (Å²) in [5, 5.41) is 0. The molecule has 1 spiro atoms. The second-order valence-corrected chi connectivity index (χ2v) is 17.7. The Morgan fingerprint density at radius 3 is 1.71 bits per heavy atom. The second-order valence-electron chi connectivity index (χ2n) is 17.7. The SMILES string of the molecule is CC1(C)c2ccccc2-c2ccc(N(c3ccc(C4=CCCC=C4)cc3)c3ccc(C4=CC5=C(CC4)C4=C(C=CCC4)C54c5ccccc5-c5ccccc54)cc3)cc21. The van der Waals surface area contributed by atoms with Crippen LogP contribution >= 0.6 is 0 Å². The number of nitrogens with zero attached hydrogens (tertiary/aromatic N) is 1. The Morgan fingerprint density at radius 2 is 1.03 bits per heavy atom. The van der Waals surface area contributed by atoms with E-state index in [0.717, 1.165) is 44.2 Å². The van der Waals surface area contributed by atoms with E-state index in [-0.39, 0.29) is 10.8 Å². The maximum absolute atomic E-state index is 2.60. The number of allylic oxidation sites excluding steroid dienone is 12. The number of benzene rings is 6. The van der Waals surface area contributed by atoms with Crippen LogP contribution in [-0.2, 0) is 10.8 Å². The molecule has 6 aliphatic rings. The average molecular weight is 758 g/mol. The van der Waals surface area contributed by atoms with Gasteiger partial charge in [0.05, 0.1) is 5.41 Å². The van der Waals surface area contributed by atoms with Crippen LogP contribution in [0.25, 0.3) is 33.4 Å². The molecule has 59 heavy (non-hydrogen) atoms. The van der Waals surface area contributed by atoms with Crippen molar-refractivity contribution in [2.75, 3.05) is 4.90 Å². The van der Waals surface area contributed by atoms with Gasteiger partial charge in [0.25, 0.3) is 0 Å². The Morgan fingerprint density at radius 1 is 0.458 bits per heavy atom. The standard InChI is InChI=1S/C58H47N/c1-57(2)51-20-10-6-16-45(51)49-35-33-44(37-55(49)57)59(42-29-24-39(25-30-42)38-14-4-3-5-15-38)43-31-26-40(27-32-43)41-28-34-50-48-19-9-13-23-54(48)58(56(50)36-41)52-21-11-7-17-46(52)47-18-8-12-22-53(47)58/h4,6-8,10-18,20-27,29-33,35-37H,3,5,9,19,28,34H2,1-2H3. The summed E-state index contributed by atoms with van der Waals surface area (Å²) in [4.78, 5) is 2.45. The second kappa shape index (κ2) is 13.0. The van der Waals surface area contributed by atoms with E-state index in [1.807, 2.05) is 0 Å². The summed E-state index contributed by atoms with van der Waals surface area (Å²) < 4.78 is 0. The predicted molar refractivity (Wildman–Crippen MR) is 247 cm³/mol. The summed E-state index contributed by atoms with van der Waals surface area (Å²) in [5.41, 5.74) is 25.8. The number of anilines is 3. The van der Waals surface area contributed by atoms with Gasteiger partial charge in [-0.2, -0.15) is 0 Å². The molecule has 0 saturated heterocycles. The van der Waals surface area contributed by atoms with Crippen molar-refractivity contribution in [1.82, 2.24) is 0 Å². The lowest BCUT2D eigenvalue weighted by Crippen LogP contribution is -2.28. The van der Waals surface area contributed by atoms with Gasteiger partial charge < -0.3 is 4.90 Å². The number of hydrogen-bond acceptors (Lipinski definition) is 1. The van der Waals surface area contributed by atoms with Gasteiger partial charge >= 0.3 is 0 Å². The number of fused-ring (bicyclic) bond motifs is 11. The molecule has 0 atom stereocenters. The summed E-state index contributed by atoms with van der Waals surface area (Å²) in [6.07, 6.45) is 21.0. The molecule has 1 nitrogen and oxygen atoms in total. The molecule has 0 aliphatic heterocycles. The van der Waals surface area contributed by atoms with E-state index in [1.165, 1.54) is 89.3 Å². The molecule has 0 fully saturated rings. The van der Waals surface area contributed by atoms with Gasteiger partial charge in [-0.25, -0.2) is 0 Å². The first-order chi connectivity index (χ1) is 29.0. The zero-order valence-corrected chi connectivity index (χ0v) is 33.9. The summed E-state index contributed by atoms with van der Waals surface area (Å²) in [6.45, 7) is 4.75. The molecule has 0 N–H and O–H groups in total. The monoisotopic (exact) mass is 757 g/mol. The predicted octanol–water partition coefficient (Wildman–Crippen LogP) is 15.3. The maximum atomic E-state index is 2.60. The molecule has 0 radical (unpaired) electrons. The zero-order valence-electron chi connectivity index (χ0n) is 33.9. The van der Waals surface area contributed by atoms with Crippen molar-refractivity contribution in [1.29, 1.82) is 0 Å². The van der Waals surface area contributed by atoms with Crippen LogP contribution in [0, 0.1) is 0 Å². The lowest BCUT2D eigenvalue weighted by molar-refractivity contribution is 0.660. The molecular formula is C58H47N. The maximum Gasteiger partial charge on any atom is 0.0719 e. The van der Waals surface area contributed by atoms with Crippen LogP contribution in [0.2, 0.25) is 0 Å². The highest BCUT2D eigenvalue weighted by Gasteiger charge is 2.53. The van der Waals surface area contributed by atoms with Gasteiger partial charge in [0.1, 0.15) is 0 Å². The molecule has 0 unspecified atom stereocenters. The smallest absolute Gasteiger partial charge is 0.0719 e. The molecule has 0 bridgehead atoms. The van der Waals surface area contributed by atoms with E-state index in [9.17, 15) is 0 Å². The van der Waals surface area contributed by atoms with Crippen molar-refractivity contribution in [3.8, 4) is 22.3 Å². The van der Waals surface area contributed by atoms with Gasteiger partial charge in [-0.05, 0) is 164 Å². The lowest BCUT2D eigenvalue weighted by Gasteiger charge is -2.34. The highest BCUT2D eigenvalue weighted by atomic mass is 15.1. The largest absolute Gasteiger partial charge is 0.310 e. The third kappa shape index (κ3) is 4.97. The molecular weight excluding hydrogens is 711 g/mol. The van der Waals surface area contributed by atoms with E-state index in [2.05, 4.69) is 195 Å². The molecule has 0 amide bonds. The molecule has 284 valence electrons. The van der Waals surface area contributed by atoms with E-state index < -0.39 is 0 Å². The van der Waals surface area contributed by atoms with Gasteiger partial charge in [-0.1, -0.05) is 153 Å². The van der Waals surface area contributed by atoms with Gasteiger partial charge in [0, 0.05) is 22.5 Å². The summed E-state index contributed by atoms with van der Waals surface area (Å²) in [6, 6.07) is 53.1. The van der Waals surface area contributed by atoms with E-state index in [1.54, 1.807) is 11.1 Å². The molecule has 6 aliphatic carbocycles. The summed E-state index contributed by atoms with van der Waals surface area (Å²) in [5.74, 6) is 0. The Hall–Kier alpha value is -6.44. The summed E-state index contributed by atoms with van der Waals surface area (Å²) in [7, 11) is 0. The molecule has 1 heteroatoms. The molecule has 6 aromatic rings. The number of rotatable bonds is 5. The fourth-order valence-corrected chi connectivity index (χ4v) is 11.6. The van der Waals surface area contributed by atoms with E-state index in [0.29, 0.717) is 0 Å². The normalized spacial score (nSPS) is 18.5. The van der Waals surface area contributed by atoms with Gasteiger partial charge in [0.15, 0.2) is 0 Å². The first-order valence-corrected chi connectivity index (χ1v) is 21.7. The fraction of sp³-hybridized carbons (Fsp3) is 0.172. The minimum Gasteiger partial charge on any atom is -0.310 e. The lowest BCUT2D eigenvalue weighted by atomic mass is 9.67. The van der Waals surface area contributed by atoms with Crippen LogP contribution in [0.1, 0.15) is 85.8 Å². The molecule has 12 rings (SSSR count). The minimum atomic E-state index is -0.256. The number of hydrogen-bond donors (Lipinski definition) is 0. The van der Waals surface area contributed by atoms with Crippen molar-refractivity contribution in [2.24, 2.45) is 0 Å². The third-order valence-electron chi connectivity index (χ3n) is 14.4. The zero-order chi connectivity index (χ0) is 39.3. The van der Waals surface area contributed by atoms with Crippen molar-refractivity contribution in [3.05, 3.63) is 232 Å². The third-order valence-corrected chi connectivity index (χ3v) is 14.4. The topological polar surface area (TPSA) is 3.24 Å². The minimum absolute atomic E-state index is 0.0794. The average Bonchev–Trinajstić information content (AvgIpc) is 3.85. The van der Waals surface area contributed by atoms with Crippen LogP contribution in [0.5, 0.6) is 0 Å². The highest BCUT2D eigenvalue weighted by molar-refractivity contribution is 5.92. The van der Waals surface area contributed by atoms with Crippen molar-refractivity contribution < 1.29 is 0 Å². The quantitative estimate of drug-likeness (QED) is 0.169. The Labute approximate surface area is 348 Å². The van der Waals surface area contributed by atoms with Crippen LogP contribution < -0.4 is 4.90 Å². The van der Waals surface area contributed by atoms with Crippen LogP contribution in [0.15, 0.2) is 198 Å². The van der Waals surface area contributed by atoms with Gasteiger partial charge in [0.2, 0.25) is 0 Å². The van der Waals surface area contributed by atoms with Crippen LogP contribution in [0.3, 0.4) is 0 Å². The Kier molecular flexibility index (Phi) is 7.64. The molecule has 0 saturated carbocycles. The molecule has 6 aromatic carbocycles. The molecule has 0 heterocycles. The van der Waals surface area contributed by atoms with Crippen molar-refractivity contribution >= 4 is 28.2 Å². The summed E-state index contributed by atoms with van der Waals surface area (Å²) >= 11 is 0. The van der Waals surface area contributed by atoms with Crippen molar-refractivity contribution in [3.63, 3.8) is 0 Å². The fourth-order valence-electron chi connectivity index (χ4n) is 11.6. The molecule has 0 aromatic heterocycles.